The van der Waals surface area contributed by atoms with Crippen LogP contribution in [-0.2, 0) is 11.2 Å². The lowest BCUT2D eigenvalue weighted by atomic mass is 10.0. The van der Waals surface area contributed by atoms with Crippen LogP contribution in [0.4, 0.5) is 4.39 Å². The minimum Gasteiger partial charge on any atom is -0.504 e. The third-order valence-corrected chi connectivity index (χ3v) is 2.58. The number of carboxylic acid groups (broad SMARTS) is 1. The largest absolute Gasteiger partial charge is 0.504 e. The molecule has 0 saturated carbocycles. The Balaban J connectivity index is 3.11. The quantitative estimate of drug-likeness (QED) is 0.621. The third kappa shape index (κ3) is 2.42. The lowest BCUT2D eigenvalue weighted by Crippen LogP contribution is -2.32. The number of phenolic OH excluding ortho intramolecular Hbond substituents is 2. The topological polar surface area (TPSA) is 104 Å². The van der Waals surface area contributed by atoms with Crippen LogP contribution >= 0.6 is 15.9 Å². The van der Waals surface area contributed by atoms with Crippen LogP contribution in [0.5, 0.6) is 11.5 Å². The molecule has 0 aliphatic carbocycles. The zero-order chi connectivity index (χ0) is 12.5. The summed E-state index contributed by atoms with van der Waals surface area (Å²) in [5.41, 5.74) is 5.31. The van der Waals surface area contributed by atoms with Gasteiger partial charge in [-0.25, -0.2) is 4.39 Å². The number of aromatic hydroxyl groups is 2. The fourth-order valence-electron chi connectivity index (χ4n) is 1.13. The van der Waals surface area contributed by atoms with Gasteiger partial charge in [0.1, 0.15) is 6.04 Å². The summed E-state index contributed by atoms with van der Waals surface area (Å²) in [6.45, 7) is 0. The van der Waals surface area contributed by atoms with Gasteiger partial charge in [0, 0.05) is 12.0 Å². The van der Waals surface area contributed by atoms with Crippen LogP contribution in [0.2, 0.25) is 0 Å². The van der Waals surface area contributed by atoms with E-state index in [1.165, 1.54) is 6.07 Å². The van der Waals surface area contributed by atoms with Gasteiger partial charge in [-0.15, -0.1) is 0 Å². The van der Waals surface area contributed by atoms with Crippen LogP contribution in [0.15, 0.2) is 10.5 Å². The zero-order valence-electron chi connectivity index (χ0n) is 7.94. The molecule has 1 aromatic carbocycles. The number of phenols is 2. The van der Waals surface area contributed by atoms with Gasteiger partial charge >= 0.3 is 5.97 Å². The second-order valence-electron chi connectivity index (χ2n) is 3.18. The first kappa shape index (κ1) is 12.7. The number of hydrogen-bond acceptors (Lipinski definition) is 4. The lowest BCUT2D eigenvalue weighted by Gasteiger charge is -2.10. The van der Waals surface area contributed by atoms with Crippen molar-refractivity contribution in [3.8, 4) is 11.5 Å². The SMILES string of the molecule is NC(Cc1cc(Br)c(F)c(O)c1O)C(=O)O. The molecular weight excluding hydrogens is 285 g/mol. The highest BCUT2D eigenvalue weighted by Gasteiger charge is 2.20. The normalized spacial score (nSPS) is 12.4. The van der Waals surface area contributed by atoms with E-state index in [0.29, 0.717) is 0 Å². The molecule has 0 spiro atoms. The lowest BCUT2D eigenvalue weighted by molar-refractivity contribution is -0.138. The van der Waals surface area contributed by atoms with Gasteiger partial charge in [-0.3, -0.25) is 4.79 Å². The zero-order valence-corrected chi connectivity index (χ0v) is 9.53. The summed E-state index contributed by atoms with van der Waals surface area (Å²) >= 11 is 2.82. The molecule has 1 aromatic rings. The van der Waals surface area contributed by atoms with E-state index in [4.69, 9.17) is 10.8 Å². The van der Waals surface area contributed by atoms with E-state index in [1.807, 2.05) is 0 Å². The number of carboxylic acids is 1. The van der Waals surface area contributed by atoms with Gasteiger partial charge in [-0.1, -0.05) is 0 Å². The third-order valence-electron chi connectivity index (χ3n) is 2.00. The Kier molecular flexibility index (Phi) is 3.71. The Morgan fingerprint density at radius 3 is 2.56 bits per heavy atom. The summed E-state index contributed by atoms with van der Waals surface area (Å²) in [5, 5.41) is 27.1. The van der Waals surface area contributed by atoms with Crippen molar-refractivity contribution in [3.63, 3.8) is 0 Å². The van der Waals surface area contributed by atoms with Gasteiger partial charge in [0.15, 0.2) is 17.3 Å². The van der Waals surface area contributed by atoms with Crippen molar-refractivity contribution >= 4 is 21.9 Å². The van der Waals surface area contributed by atoms with Crippen LogP contribution < -0.4 is 5.73 Å². The molecular formula is C9H9BrFNO4. The van der Waals surface area contributed by atoms with Gasteiger partial charge in [0.25, 0.3) is 0 Å². The molecule has 0 aliphatic heterocycles. The molecule has 0 radical (unpaired) electrons. The number of nitrogens with two attached hydrogens (primary N) is 1. The Hall–Kier alpha value is -1.34. The molecule has 1 unspecified atom stereocenters. The van der Waals surface area contributed by atoms with Crippen molar-refractivity contribution in [1.29, 1.82) is 0 Å². The maximum atomic E-state index is 13.1. The Labute approximate surface area is 98.4 Å². The molecule has 16 heavy (non-hydrogen) atoms. The second-order valence-corrected chi connectivity index (χ2v) is 4.03. The first-order valence-electron chi connectivity index (χ1n) is 4.21. The standard InChI is InChI=1S/C9H9BrFNO4/c10-4-1-3(2-5(12)9(15)16)7(13)8(14)6(4)11/h1,5,13-14H,2,12H2,(H,15,16). The van der Waals surface area contributed by atoms with Crippen LogP contribution in [-0.4, -0.2) is 27.3 Å². The maximum absolute atomic E-state index is 13.1. The minimum absolute atomic E-state index is 0.0562. The Bertz CT molecular complexity index is 438. The van der Waals surface area contributed by atoms with Crippen molar-refractivity contribution in [3.05, 3.63) is 21.9 Å². The molecule has 0 aliphatic rings. The van der Waals surface area contributed by atoms with E-state index >= 15 is 0 Å². The van der Waals surface area contributed by atoms with Gasteiger partial charge in [-0.2, -0.15) is 0 Å². The molecule has 5 nitrogen and oxygen atoms in total. The first-order chi connectivity index (χ1) is 7.34. The van der Waals surface area contributed by atoms with E-state index in [0.717, 1.165) is 0 Å². The molecule has 0 fully saturated rings. The maximum Gasteiger partial charge on any atom is 0.320 e. The van der Waals surface area contributed by atoms with Crippen LogP contribution in [0.3, 0.4) is 0 Å². The van der Waals surface area contributed by atoms with Gasteiger partial charge in [0.05, 0.1) is 4.47 Å². The van der Waals surface area contributed by atoms with E-state index in [9.17, 15) is 19.4 Å². The predicted molar refractivity (Wildman–Crippen MR) is 56.7 cm³/mol. The summed E-state index contributed by atoms with van der Waals surface area (Å²) in [4.78, 5) is 10.5. The molecule has 0 bridgehead atoms. The van der Waals surface area contributed by atoms with Gasteiger partial charge in [-0.05, 0) is 22.0 Å². The average molecular weight is 294 g/mol. The molecule has 0 amide bonds. The van der Waals surface area contributed by atoms with Crippen molar-refractivity contribution in [2.24, 2.45) is 5.73 Å². The summed E-state index contributed by atoms with van der Waals surface area (Å²) in [5.74, 6) is -3.89. The van der Waals surface area contributed by atoms with Crippen LogP contribution in [0, 0.1) is 5.82 Å². The number of hydrogen-bond donors (Lipinski definition) is 4. The molecule has 1 atom stereocenters. The van der Waals surface area contributed by atoms with Crippen molar-refractivity contribution < 1.29 is 24.5 Å². The van der Waals surface area contributed by atoms with Crippen LogP contribution in [0.1, 0.15) is 5.56 Å². The second kappa shape index (κ2) is 4.67. The summed E-state index contributed by atoms with van der Waals surface area (Å²) < 4.78 is 13.0. The molecule has 0 heterocycles. The molecule has 88 valence electrons. The van der Waals surface area contributed by atoms with E-state index in [-0.39, 0.29) is 16.5 Å². The van der Waals surface area contributed by atoms with E-state index in [1.54, 1.807) is 0 Å². The molecule has 1 rings (SSSR count). The monoisotopic (exact) mass is 293 g/mol. The number of carbonyl (C=O) groups is 1. The number of benzene rings is 1. The van der Waals surface area contributed by atoms with E-state index in [2.05, 4.69) is 15.9 Å². The van der Waals surface area contributed by atoms with Crippen LogP contribution in [0.25, 0.3) is 0 Å². The number of rotatable bonds is 3. The van der Waals surface area contributed by atoms with E-state index < -0.39 is 29.3 Å². The average Bonchev–Trinajstić information content (AvgIpc) is 2.22. The van der Waals surface area contributed by atoms with Gasteiger partial charge < -0.3 is 21.1 Å². The summed E-state index contributed by atoms with van der Waals surface area (Å²) in [6.07, 6.45) is -0.215. The van der Waals surface area contributed by atoms with Crippen molar-refractivity contribution in [1.82, 2.24) is 0 Å². The number of halogens is 2. The predicted octanol–water partition coefficient (Wildman–Crippen LogP) is 0.954. The molecule has 7 heteroatoms. The summed E-state index contributed by atoms with van der Waals surface area (Å²) in [6, 6.07) is -0.0599. The number of aliphatic carboxylic acids is 1. The highest BCUT2D eigenvalue weighted by molar-refractivity contribution is 9.10. The Morgan fingerprint density at radius 2 is 2.06 bits per heavy atom. The fraction of sp³-hybridized carbons (Fsp3) is 0.222. The van der Waals surface area contributed by atoms with Crippen molar-refractivity contribution in [2.45, 2.75) is 12.5 Å². The molecule has 5 N–H and O–H groups in total. The van der Waals surface area contributed by atoms with Gasteiger partial charge in [0.2, 0.25) is 0 Å². The smallest absolute Gasteiger partial charge is 0.320 e. The minimum atomic E-state index is -1.25. The van der Waals surface area contributed by atoms with Crippen molar-refractivity contribution in [2.75, 3.05) is 0 Å². The first-order valence-corrected chi connectivity index (χ1v) is 5.01. The highest BCUT2D eigenvalue weighted by Crippen LogP contribution is 2.36. The summed E-state index contributed by atoms with van der Waals surface area (Å²) in [7, 11) is 0. The molecule has 0 saturated heterocycles. The molecule has 0 aromatic heterocycles. The highest BCUT2D eigenvalue weighted by atomic mass is 79.9. The fourth-order valence-corrected chi connectivity index (χ4v) is 1.60. The Morgan fingerprint density at radius 1 is 1.50 bits per heavy atom.